The molecule has 1 aromatic heterocycles. The van der Waals surface area contributed by atoms with Gasteiger partial charge in [-0.1, -0.05) is 32.0 Å². The summed E-state index contributed by atoms with van der Waals surface area (Å²) in [6.07, 6.45) is 4.01. The first-order valence-corrected chi connectivity index (χ1v) is 8.10. The van der Waals surface area contributed by atoms with Gasteiger partial charge in [0.25, 0.3) is 5.56 Å². The predicted molar refractivity (Wildman–Crippen MR) is 80.0 cm³/mol. The van der Waals surface area contributed by atoms with Gasteiger partial charge >= 0.3 is 0 Å². The van der Waals surface area contributed by atoms with Crippen molar-refractivity contribution in [3.63, 3.8) is 0 Å². The second-order valence-corrected chi connectivity index (χ2v) is 6.46. The highest BCUT2D eigenvalue weighted by molar-refractivity contribution is 7.99. The number of piperidine rings is 1. The zero-order chi connectivity index (χ0) is 13.7. The minimum Gasteiger partial charge on any atom is -0.303 e. The highest BCUT2D eigenvalue weighted by atomic mass is 32.2. The Hall–Kier alpha value is -0.810. The fourth-order valence-electron chi connectivity index (χ4n) is 2.27. The molecule has 5 heteroatoms. The van der Waals surface area contributed by atoms with Gasteiger partial charge in [0.1, 0.15) is 0 Å². The molecule has 4 nitrogen and oxygen atoms in total. The van der Waals surface area contributed by atoms with Crippen LogP contribution >= 0.6 is 11.8 Å². The van der Waals surface area contributed by atoms with Gasteiger partial charge in [-0.2, -0.15) is 0 Å². The number of likely N-dealkylation sites (tertiary alicyclic amines) is 1. The molecule has 0 unspecified atom stereocenters. The number of hydrogen-bond acceptors (Lipinski definition) is 4. The molecule has 1 aromatic rings. The Balaban J connectivity index is 1.86. The lowest BCUT2D eigenvalue weighted by molar-refractivity contribution is 0.242. The second-order valence-electron chi connectivity index (χ2n) is 5.38. The molecule has 0 aromatic carbocycles. The third-order valence-electron chi connectivity index (χ3n) is 3.43. The summed E-state index contributed by atoms with van der Waals surface area (Å²) in [7, 11) is 0. The van der Waals surface area contributed by atoms with Crippen LogP contribution in [-0.2, 0) is 0 Å². The first kappa shape index (κ1) is 14.6. The lowest BCUT2D eigenvalue weighted by Gasteiger charge is -2.25. The molecule has 0 saturated carbocycles. The third-order valence-corrected chi connectivity index (χ3v) is 4.28. The number of nitrogens with zero attached hydrogens (tertiary/aromatic N) is 2. The second kappa shape index (κ2) is 7.10. The maximum Gasteiger partial charge on any atom is 0.251 e. The zero-order valence-electron chi connectivity index (χ0n) is 11.8. The van der Waals surface area contributed by atoms with Gasteiger partial charge in [0.15, 0.2) is 5.16 Å². The van der Waals surface area contributed by atoms with Crippen LogP contribution in [0.4, 0.5) is 0 Å². The minimum absolute atomic E-state index is 0.0424. The molecular weight excluding hydrogens is 258 g/mol. The van der Waals surface area contributed by atoms with Crippen molar-refractivity contribution in [1.82, 2.24) is 14.9 Å². The number of rotatable bonds is 5. The van der Waals surface area contributed by atoms with Crippen LogP contribution in [0, 0.1) is 0 Å². The molecule has 0 aliphatic carbocycles. The summed E-state index contributed by atoms with van der Waals surface area (Å²) in [5.74, 6) is 1.29. The molecule has 2 heterocycles. The average molecular weight is 281 g/mol. The summed E-state index contributed by atoms with van der Waals surface area (Å²) in [6, 6.07) is 1.60. The number of hydrogen-bond donors (Lipinski definition) is 1. The van der Waals surface area contributed by atoms with Crippen molar-refractivity contribution in [2.75, 3.05) is 25.4 Å². The van der Waals surface area contributed by atoms with E-state index in [-0.39, 0.29) is 5.56 Å². The van der Waals surface area contributed by atoms with Gasteiger partial charge in [0.05, 0.1) is 5.69 Å². The van der Waals surface area contributed by atoms with E-state index in [0.717, 1.165) is 23.1 Å². The van der Waals surface area contributed by atoms with E-state index in [2.05, 4.69) is 28.7 Å². The lowest BCUT2D eigenvalue weighted by Crippen LogP contribution is -2.31. The Morgan fingerprint density at radius 2 is 2.11 bits per heavy atom. The van der Waals surface area contributed by atoms with Gasteiger partial charge in [-0.15, -0.1) is 0 Å². The summed E-state index contributed by atoms with van der Waals surface area (Å²) in [4.78, 5) is 21.4. The van der Waals surface area contributed by atoms with E-state index in [1.54, 1.807) is 17.8 Å². The van der Waals surface area contributed by atoms with Crippen LogP contribution in [0.25, 0.3) is 0 Å². The average Bonchev–Trinajstić information content (AvgIpc) is 2.39. The van der Waals surface area contributed by atoms with Gasteiger partial charge in [-0.25, -0.2) is 4.98 Å². The predicted octanol–water partition coefficient (Wildman–Crippen LogP) is 2.47. The third kappa shape index (κ3) is 4.66. The SMILES string of the molecule is CC(C)c1cc(=O)[nH]c(SCCN2CCCCC2)n1. The summed E-state index contributed by atoms with van der Waals surface area (Å²) >= 11 is 1.65. The van der Waals surface area contributed by atoms with E-state index < -0.39 is 0 Å². The van der Waals surface area contributed by atoms with Crippen LogP contribution in [0.5, 0.6) is 0 Å². The van der Waals surface area contributed by atoms with Gasteiger partial charge in [-0.3, -0.25) is 4.79 Å². The molecule has 1 aliphatic heterocycles. The molecule has 1 aliphatic rings. The Labute approximate surface area is 119 Å². The fourth-order valence-corrected chi connectivity index (χ4v) is 3.16. The Morgan fingerprint density at radius 1 is 1.37 bits per heavy atom. The summed E-state index contributed by atoms with van der Waals surface area (Å²) in [5.41, 5.74) is 0.836. The fraction of sp³-hybridized carbons (Fsp3) is 0.714. The van der Waals surface area contributed by atoms with E-state index in [1.807, 2.05) is 0 Å². The van der Waals surface area contributed by atoms with E-state index in [9.17, 15) is 4.79 Å². The Kier molecular flexibility index (Phi) is 5.45. The lowest BCUT2D eigenvalue weighted by atomic mass is 10.1. The number of aromatic amines is 1. The van der Waals surface area contributed by atoms with E-state index >= 15 is 0 Å². The Morgan fingerprint density at radius 3 is 2.79 bits per heavy atom. The maximum absolute atomic E-state index is 11.6. The van der Waals surface area contributed by atoms with Crippen LogP contribution in [-0.4, -0.2) is 40.3 Å². The minimum atomic E-state index is -0.0424. The number of thioether (sulfide) groups is 1. The van der Waals surface area contributed by atoms with Crippen LogP contribution < -0.4 is 5.56 Å². The first-order chi connectivity index (χ1) is 9.15. The normalized spacial score (nSPS) is 17.0. The van der Waals surface area contributed by atoms with Gasteiger partial charge in [-0.05, 0) is 31.8 Å². The highest BCUT2D eigenvalue weighted by Gasteiger charge is 2.10. The van der Waals surface area contributed by atoms with Crippen molar-refractivity contribution in [2.45, 2.75) is 44.2 Å². The molecule has 19 heavy (non-hydrogen) atoms. The zero-order valence-corrected chi connectivity index (χ0v) is 12.6. The number of H-pyrrole nitrogens is 1. The van der Waals surface area contributed by atoms with Crippen molar-refractivity contribution < 1.29 is 0 Å². The van der Waals surface area contributed by atoms with E-state index in [0.29, 0.717) is 5.92 Å². The number of nitrogens with one attached hydrogen (secondary N) is 1. The molecule has 0 amide bonds. The van der Waals surface area contributed by atoms with E-state index in [4.69, 9.17) is 0 Å². The van der Waals surface area contributed by atoms with E-state index in [1.165, 1.54) is 32.4 Å². The van der Waals surface area contributed by atoms with Crippen molar-refractivity contribution in [3.8, 4) is 0 Å². The summed E-state index contributed by atoms with van der Waals surface area (Å²) in [5, 5.41) is 0.758. The van der Waals surface area contributed by atoms with Gasteiger partial charge < -0.3 is 9.88 Å². The van der Waals surface area contributed by atoms with Crippen molar-refractivity contribution in [2.24, 2.45) is 0 Å². The molecule has 1 N–H and O–H groups in total. The highest BCUT2D eigenvalue weighted by Crippen LogP contribution is 2.16. The molecule has 0 bridgehead atoms. The Bertz CT molecular complexity index is 452. The topological polar surface area (TPSA) is 49.0 Å². The molecule has 0 radical (unpaired) electrons. The number of aromatic nitrogens is 2. The van der Waals surface area contributed by atoms with Crippen LogP contribution in [0.2, 0.25) is 0 Å². The van der Waals surface area contributed by atoms with Crippen LogP contribution in [0.1, 0.15) is 44.7 Å². The molecule has 1 saturated heterocycles. The standard InChI is InChI=1S/C14H23N3OS/c1-11(2)12-10-13(18)16-14(15-12)19-9-8-17-6-4-3-5-7-17/h10-11H,3-9H2,1-2H3,(H,15,16,18). The van der Waals surface area contributed by atoms with Crippen molar-refractivity contribution >= 4 is 11.8 Å². The molecule has 1 fully saturated rings. The molecule has 2 rings (SSSR count). The van der Waals surface area contributed by atoms with Gasteiger partial charge in [0, 0.05) is 18.4 Å². The first-order valence-electron chi connectivity index (χ1n) is 7.11. The maximum atomic E-state index is 11.6. The van der Waals surface area contributed by atoms with Crippen molar-refractivity contribution in [3.05, 3.63) is 22.1 Å². The molecule has 0 spiro atoms. The quantitative estimate of drug-likeness (QED) is 0.665. The van der Waals surface area contributed by atoms with Gasteiger partial charge in [0.2, 0.25) is 0 Å². The largest absolute Gasteiger partial charge is 0.303 e. The van der Waals surface area contributed by atoms with Crippen molar-refractivity contribution in [1.29, 1.82) is 0 Å². The summed E-state index contributed by atoms with van der Waals surface area (Å²) in [6.45, 7) is 7.64. The van der Waals surface area contributed by atoms with Crippen LogP contribution in [0.3, 0.4) is 0 Å². The van der Waals surface area contributed by atoms with Crippen LogP contribution in [0.15, 0.2) is 16.0 Å². The summed E-state index contributed by atoms with van der Waals surface area (Å²) < 4.78 is 0. The molecule has 106 valence electrons. The molecular formula is C14H23N3OS. The molecule has 0 atom stereocenters. The smallest absolute Gasteiger partial charge is 0.251 e. The monoisotopic (exact) mass is 281 g/mol.